The van der Waals surface area contributed by atoms with E-state index < -0.39 is 24.1 Å². The summed E-state index contributed by atoms with van der Waals surface area (Å²) in [5.41, 5.74) is -0.871. The van der Waals surface area contributed by atoms with Gasteiger partial charge in [-0.3, -0.25) is 0 Å². The first-order chi connectivity index (χ1) is 11.1. The van der Waals surface area contributed by atoms with Gasteiger partial charge in [0.1, 0.15) is 5.69 Å². The number of hydrogen-bond acceptors (Lipinski definition) is 2. The Morgan fingerprint density at radius 1 is 0.826 bits per heavy atom. The van der Waals surface area contributed by atoms with Gasteiger partial charge in [0.05, 0.1) is 5.52 Å². The van der Waals surface area contributed by atoms with Crippen LogP contribution in [0.25, 0.3) is 10.9 Å². The fourth-order valence-corrected chi connectivity index (χ4v) is 3.21. The van der Waals surface area contributed by atoms with Crippen molar-refractivity contribution in [2.75, 3.05) is 0 Å². The maximum absolute atomic E-state index is 13.2. The van der Waals surface area contributed by atoms with Crippen molar-refractivity contribution >= 4 is 22.7 Å². The number of benzene rings is 2. The normalized spacial score (nSPS) is 11.6. The van der Waals surface area contributed by atoms with E-state index in [1.165, 1.54) is 17.8 Å². The molecule has 0 aliphatic carbocycles. The van der Waals surface area contributed by atoms with E-state index in [1.807, 2.05) is 30.3 Å². The molecule has 0 aliphatic rings. The largest absolute Gasteiger partial charge is 0.280 e. The first-order valence-corrected chi connectivity index (χ1v) is 7.60. The van der Waals surface area contributed by atoms with Crippen molar-refractivity contribution < 1.29 is 17.6 Å². The Morgan fingerprint density at radius 3 is 2.22 bits per heavy atom. The summed E-state index contributed by atoms with van der Waals surface area (Å²) in [4.78, 5) is 5.36. The minimum absolute atomic E-state index is 0.175. The minimum atomic E-state index is -2.90. The maximum Gasteiger partial charge on any atom is 0.280 e. The van der Waals surface area contributed by atoms with Crippen molar-refractivity contribution in [1.82, 2.24) is 4.98 Å². The number of rotatable bonds is 4. The number of nitrogens with zero attached hydrogens (tertiary/aromatic N) is 1. The van der Waals surface area contributed by atoms with Gasteiger partial charge < -0.3 is 0 Å². The topological polar surface area (TPSA) is 12.9 Å². The monoisotopic (exact) mass is 337 g/mol. The van der Waals surface area contributed by atoms with Gasteiger partial charge in [0, 0.05) is 20.7 Å². The summed E-state index contributed by atoms with van der Waals surface area (Å²) >= 11 is 1.31. The van der Waals surface area contributed by atoms with E-state index in [1.54, 1.807) is 12.1 Å². The Balaban J connectivity index is 2.19. The van der Waals surface area contributed by atoms with Gasteiger partial charge >= 0.3 is 0 Å². The van der Waals surface area contributed by atoms with Crippen molar-refractivity contribution in [1.29, 1.82) is 0 Å². The van der Waals surface area contributed by atoms with Crippen LogP contribution >= 0.6 is 11.8 Å². The Labute approximate surface area is 134 Å². The van der Waals surface area contributed by atoms with Crippen molar-refractivity contribution in [2.24, 2.45) is 0 Å². The summed E-state index contributed by atoms with van der Waals surface area (Å²) in [5, 5.41) is 0.199. The Kier molecular flexibility index (Phi) is 4.52. The third-order valence-electron chi connectivity index (χ3n) is 3.28. The highest BCUT2D eigenvalue weighted by Crippen LogP contribution is 2.37. The lowest BCUT2D eigenvalue weighted by molar-refractivity contribution is 0.141. The maximum atomic E-state index is 13.2. The summed E-state index contributed by atoms with van der Waals surface area (Å²) in [6.45, 7) is 0. The van der Waals surface area contributed by atoms with E-state index in [-0.39, 0.29) is 10.9 Å². The molecule has 0 spiro atoms. The highest BCUT2D eigenvalue weighted by Gasteiger charge is 2.20. The van der Waals surface area contributed by atoms with Gasteiger partial charge in [-0.2, -0.15) is 0 Å². The average Bonchev–Trinajstić information content (AvgIpc) is 2.55. The van der Waals surface area contributed by atoms with E-state index in [9.17, 15) is 17.6 Å². The van der Waals surface area contributed by atoms with E-state index in [0.29, 0.717) is 4.90 Å². The summed E-state index contributed by atoms with van der Waals surface area (Å²) in [7, 11) is 0. The van der Waals surface area contributed by atoms with Crippen LogP contribution in [0.15, 0.2) is 64.4 Å². The number of hydrogen-bond donors (Lipinski definition) is 0. The molecular weight excluding hydrogens is 326 g/mol. The molecule has 23 heavy (non-hydrogen) atoms. The first-order valence-electron chi connectivity index (χ1n) is 6.79. The zero-order valence-electron chi connectivity index (χ0n) is 11.7. The standard InChI is InChI=1S/C17H11F4NS/c18-16(19)12-9-13(17(20)21)22-15-11(12)7-4-8-14(15)23-10-5-2-1-3-6-10/h1-9,16-17H. The average molecular weight is 337 g/mol. The highest BCUT2D eigenvalue weighted by atomic mass is 32.2. The lowest BCUT2D eigenvalue weighted by Gasteiger charge is -2.12. The fraction of sp³-hybridized carbons (Fsp3) is 0.118. The SMILES string of the molecule is FC(F)c1cc(C(F)F)c2cccc(Sc3ccccc3)c2n1. The van der Waals surface area contributed by atoms with Crippen LogP contribution in [0.5, 0.6) is 0 Å². The van der Waals surface area contributed by atoms with Gasteiger partial charge in [-0.05, 0) is 24.3 Å². The number of halogens is 4. The van der Waals surface area contributed by atoms with Crippen molar-refractivity contribution in [3.8, 4) is 0 Å². The Hall–Kier alpha value is -2.08. The predicted octanol–water partition coefficient (Wildman–Crippen LogP) is 6.26. The molecule has 0 radical (unpaired) electrons. The van der Waals surface area contributed by atoms with E-state index in [0.717, 1.165) is 11.0 Å². The molecule has 0 atom stereocenters. The molecule has 0 saturated carbocycles. The minimum Gasteiger partial charge on any atom is -0.246 e. The second-order valence-corrected chi connectivity index (χ2v) is 5.92. The molecule has 1 aromatic heterocycles. The second kappa shape index (κ2) is 6.58. The molecule has 0 unspecified atom stereocenters. The molecule has 0 saturated heterocycles. The number of para-hydroxylation sites is 1. The molecule has 2 aromatic carbocycles. The fourth-order valence-electron chi connectivity index (χ4n) is 2.26. The van der Waals surface area contributed by atoms with Gasteiger partial charge in [-0.15, -0.1) is 0 Å². The molecule has 0 N–H and O–H groups in total. The summed E-state index contributed by atoms with van der Waals surface area (Å²) < 4.78 is 52.4. The molecule has 0 fully saturated rings. The molecule has 3 aromatic rings. The molecule has 0 bridgehead atoms. The van der Waals surface area contributed by atoms with Crippen LogP contribution in [0.1, 0.15) is 24.1 Å². The molecule has 1 heterocycles. The van der Waals surface area contributed by atoms with Crippen LogP contribution in [0, 0.1) is 0 Å². The molecule has 0 aliphatic heterocycles. The van der Waals surface area contributed by atoms with Gasteiger partial charge in [0.2, 0.25) is 0 Å². The van der Waals surface area contributed by atoms with Crippen molar-refractivity contribution in [2.45, 2.75) is 22.6 Å². The summed E-state index contributed by atoms with van der Waals surface area (Å²) in [6, 6.07) is 14.8. The lowest BCUT2D eigenvalue weighted by atomic mass is 10.1. The molecule has 1 nitrogen and oxygen atoms in total. The molecule has 3 rings (SSSR count). The number of alkyl halides is 4. The molecule has 6 heteroatoms. The third-order valence-corrected chi connectivity index (χ3v) is 4.34. The number of fused-ring (bicyclic) bond motifs is 1. The molecule has 118 valence electrons. The van der Waals surface area contributed by atoms with Crippen LogP contribution in [-0.4, -0.2) is 4.98 Å². The molecule has 0 amide bonds. The van der Waals surface area contributed by atoms with Gasteiger partial charge in [-0.1, -0.05) is 42.1 Å². The summed E-state index contributed by atoms with van der Waals surface area (Å²) in [6.07, 6.45) is -5.73. The second-order valence-electron chi connectivity index (χ2n) is 4.81. The van der Waals surface area contributed by atoms with E-state index in [4.69, 9.17) is 0 Å². The molecular formula is C17H11F4NS. The Morgan fingerprint density at radius 2 is 1.57 bits per heavy atom. The van der Waals surface area contributed by atoms with Crippen LogP contribution in [0.4, 0.5) is 17.6 Å². The number of aromatic nitrogens is 1. The van der Waals surface area contributed by atoms with Crippen molar-refractivity contribution in [3.05, 3.63) is 65.9 Å². The first kappa shape index (κ1) is 15.8. The predicted molar refractivity (Wildman–Crippen MR) is 82.2 cm³/mol. The van der Waals surface area contributed by atoms with Gasteiger partial charge in [0.25, 0.3) is 12.9 Å². The van der Waals surface area contributed by atoms with Crippen LogP contribution < -0.4 is 0 Å². The van der Waals surface area contributed by atoms with Crippen LogP contribution in [-0.2, 0) is 0 Å². The van der Waals surface area contributed by atoms with Gasteiger partial charge in [-0.25, -0.2) is 22.5 Å². The highest BCUT2D eigenvalue weighted by molar-refractivity contribution is 7.99. The van der Waals surface area contributed by atoms with E-state index in [2.05, 4.69) is 4.98 Å². The van der Waals surface area contributed by atoms with Crippen molar-refractivity contribution in [3.63, 3.8) is 0 Å². The van der Waals surface area contributed by atoms with Crippen LogP contribution in [0.3, 0.4) is 0 Å². The van der Waals surface area contributed by atoms with Gasteiger partial charge in [0.15, 0.2) is 0 Å². The third kappa shape index (κ3) is 3.32. The summed E-state index contributed by atoms with van der Waals surface area (Å²) in [5.74, 6) is 0. The van der Waals surface area contributed by atoms with Crippen LogP contribution in [0.2, 0.25) is 0 Å². The Bertz CT molecular complexity index is 821. The zero-order valence-corrected chi connectivity index (χ0v) is 12.5. The van der Waals surface area contributed by atoms with E-state index >= 15 is 0 Å². The number of pyridine rings is 1. The zero-order chi connectivity index (χ0) is 16.4. The smallest absolute Gasteiger partial charge is 0.246 e. The quantitative estimate of drug-likeness (QED) is 0.521. The lowest BCUT2D eigenvalue weighted by Crippen LogP contribution is -1.97.